The minimum atomic E-state index is 0.545. The predicted molar refractivity (Wildman–Crippen MR) is 54.3 cm³/mol. The number of nitrogens with one attached hydrogen (secondary N) is 1. The van der Waals surface area contributed by atoms with Gasteiger partial charge >= 0.3 is 0 Å². The SMILES string of the molecule is ClCCOCCNc1ccccn1. The van der Waals surface area contributed by atoms with E-state index in [0.29, 0.717) is 19.1 Å². The molecule has 1 rings (SSSR count). The normalized spacial score (nSPS) is 9.92. The Hall–Kier alpha value is -0.800. The summed E-state index contributed by atoms with van der Waals surface area (Å²) in [6.45, 7) is 2.02. The first-order chi connectivity index (χ1) is 6.43. The molecule has 0 fully saturated rings. The van der Waals surface area contributed by atoms with Crippen molar-refractivity contribution in [2.24, 2.45) is 0 Å². The minimum absolute atomic E-state index is 0.545. The third-order valence-corrected chi connectivity index (χ3v) is 1.59. The number of alkyl halides is 1. The molecule has 0 radical (unpaired) electrons. The van der Waals surface area contributed by atoms with E-state index in [2.05, 4.69) is 10.3 Å². The molecule has 0 aliphatic carbocycles. The van der Waals surface area contributed by atoms with E-state index in [4.69, 9.17) is 16.3 Å². The van der Waals surface area contributed by atoms with E-state index in [-0.39, 0.29) is 0 Å². The van der Waals surface area contributed by atoms with Crippen LogP contribution in [0.2, 0.25) is 0 Å². The van der Waals surface area contributed by atoms with E-state index in [1.54, 1.807) is 6.20 Å². The summed E-state index contributed by atoms with van der Waals surface area (Å²) in [5.41, 5.74) is 0. The summed E-state index contributed by atoms with van der Waals surface area (Å²) < 4.78 is 5.18. The molecule has 0 aromatic carbocycles. The fraction of sp³-hybridized carbons (Fsp3) is 0.444. The third kappa shape index (κ3) is 4.70. The number of anilines is 1. The van der Waals surface area contributed by atoms with Crippen LogP contribution in [0.3, 0.4) is 0 Å². The van der Waals surface area contributed by atoms with Crippen molar-refractivity contribution in [3.63, 3.8) is 0 Å². The van der Waals surface area contributed by atoms with Gasteiger partial charge in [0, 0.05) is 18.6 Å². The van der Waals surface area contributed by atoms with Crippen molar-refractivity contribution in [2.75, 3.05) is 31.0 Å². The Balaban J connectivity index is 2.07. The van der Waals surface area contributed by atoms with E-state index < -0.39 is 0 Å². The highest BCUT2D eigenvalue weighted by Gasteiger charge is 1.90. The van der Waals surface area contributed by atoms with Crippen LogP contribution in [-0.4, -0.2) is 30.6 Å². The molecule has 4 heteroatoms. The van der Waals surface area contributed by atoms with Crippen LogP contribution in [0.1, 0.15) is 0 Å². The second kappa shape index (κ2) is 6.69. The molecule has 13 heavy (non-hydrogen) atoms. The number of aromatic nitrogens is 1. The Morgan fingerprint density at radius 1 is 1.38 bits per heavy atom. The Bertz CT molecular complexity index is 218. The van der Waals surface area contributed by atoms with Crippen molar-refractivity contribution in [1.82, 2.24) is 4.98 Å². The van der Waals surface area contributed by atoms with Crippen LogP contribution < -0.4 is 5.32 Å². The van der Waals surface area contributed by atoms with Gasteiger partial charge < -0.3 is 10.1 Å². The van der Waals surface area contributed by atoms with E-state index in [9.17, 15) is 0 Å². The maximum absolute atomic E-state index is 5.44. The van der Waals surface area contributed by atoms with Gasteiger partial charge in [-0.25, -0.2) is 4.98 Å². The molecule has 0 aliphatic rings. The van der Waals surface area contributed by atoms with Crippen LogP contribution in [-0.2, 0) is 4.74 Å². The van der Waals surface area contributed by atoms with Crippen molar-refractivity contribution in [1.29, 1.82) is 0 Å². The lowest BCUT2D eigenvalue weighted by Gasteiger charge is -2.04. The van der Waals surface area contributed by atoms with Crippen molar-refractivity contribution < 1.29 is 4.74 Å². The van der Waals surface area contributed by atoms with Gasteiger partial charge in [-0.05, 0) is 12.1 Å². The summed E-state index contributed by atoms with van der Waals surface area (Å²) in [4.78, 5) is 4.10. The summed E-state index contributed by atoms with van der Waals surface area (Å²) in [6.07, 6.45) is 1.75. The molecule has 0 bridgehead atoms. The monoisotopic (exact) mass is 200 g/mol. The predicted octanol–water partition coefficient (Wildman–Crippen LogP) is 1.75. The largest absolute Gasteiger partial charge is 0.378 e. The standard InChI is InChI=1S/C9H13ClN2O/c10-4-7-13-8-6-12-9-3-1-2-5-11-9/h1-3,5H,4,6-8H2,(H,11,12). The van der Waals surface area contributed by atoms with Gasteiger partial charge in [-0.15, -0.1) is 11.6 Å². The van der Waals surface area contributed by atoms with E-state index in [1.165, 1.54) is 0 Å². The van der Waals surface area contributed by atoms with Gasteiger partial charge in [0.15, 0.2) is 0 Å². The number of nitrogens with zero attached hydrogens (tertiary/aromatic N) is 1. The summed E-state index contributed by atoms with van der Waals surface area (Å²) in [7, 11) is 0. The Labute approximate surface area is 83.1 Å². The highest BCUT2D eigenvalue weighted by molar-refractivity contribution is 6.17. The summed E-state index contributed by atoms with van der Waals surface area (Å²) in [5.74, 6) is 1.42. The van der Waals surface area contributed by atoms with Gasteiger partial charge in [0.1, 0.15) is 5.82 Å². The molecular weight excluding hydrogens is 188 g/mol. The highest BCUT2D eigenvalue weighted by atomic mass is 35.5. The lowest BCUT2D eigenvalue weighted by Crippen LogP contribution is -2.11. The molecule has 0 amide bonds. The van der Waals surface area contributed by atoms with Crippen molar-refractivity contribution in [3.8, 4) is 0 Å². The van der Waals surface area contributed by atoms with Gasteiger partial charge in [-0.2, -0.15) is 0 Å². The van der Waals surface area contributed by atoms with Crippen LogP contribution in [0, 0.1) is 0 Å². The van der Waals surface area contributed by atoms with Crippen LogP contribution >= 0.6 is 11.6 Å². The van der Waals surface area contributed by atoms with E-state index >= 15 is 0 Å². The first kappa shape index (κ1) is 10.3. The second-order valence-corrected chi connectivity index (χ2v) is 2.82. The Morgan fingerprint density at radius 2 is 2.31 bits per heavy atom. The molecule has 0 unspecified atom stereocenters. The minimum Gasteiger partial charge on any atom is -0.378 e. The Kier molecular flexibility index (Phi) is 5.29. The number of rotatable bonds is 6. The zero-order valence-electron chi connectivity index (χ0n) is 7.37. The summed E-state index contributed by atoms with van der Waals surface area (Å²) in [5, 5.41) is 3.12. The van der Waals surface area contributed by atoms with Crippen molar-refractivity contribution in [2.45, 2.75) is 0 Å². The fourth-order valence-corrected chi connectivity index (χ4v) is 0.984. The van der Waals surface area contributed by atoms with Crippen LogP contribution in [0.4, 0.5) is 5.82 Å². The van der Waals surface area contributed by atoms with Crippen LogP contribution in [0.5, 0.6) is 0 Å². The molecule has 1 aromatic heterocycles. The lowest BCUT2D eigenvalue weighted by atomic mass is 10.4. The first-order valence-electron chi connectivity index (χ1n) is 4.22. The lowest BCUT2D eigenvalue weighted by molar-refractivity contribution is 0.160. The van der Waals surface area contributed by atoms with Gasteiger partial charge in [0.25, 0.3) is 0 Å². The van der Waals surface area contributed by atoms with Crippen molar-refractivity contribution >= 4 is 17.4 Å². The van der Waals surface area contributed by atoms with Crippen LogP contribution in [0.15, 0.2) is 24.4 Å². The molecule has 1 aromatic rings. The number of hydrogen-bond acceptors (Lipinski definition) is 3. The number of ether oxygens (including phenoxy) is 1. The molecule has 0 saturated carbocycles. The van der Waals surface area contributed by atoms with Gasteiger partial charge in [-0.3, -0.25) is 0 Å². The van der Waals surface area contributed by atoms with E-state index in [1.807, 2.05) is 18.2 Å². The average molecular weight is 201 g/mol. The third-order valence-electron chi connectivity index (χ3n) is 1.44. The second-order valence-electron chi connectivity index (χ2n) is 2.44. The molecule has 1 heterocycles. The molecule has 0 aliphatic heterocycles. The summed E-state index contributed by atoms with van der Waals surface area (Å²) in [6, 6.07) is 5.74. The zero-order valence-corrected chi connectivity index (χ0v) is 8.13. The molecule has 0 saturated heterocycles. The van der Waals surface area contributed by atoms with Crippen LogP contribution in [0.25, 0.3) is 0 Å². The molecular formula is C9H13ClN2O. The molecule has 1 N–H and O–H groups in total. The molecule has 0 atom stereocenters. The smallest absolute Gasteiger partial charge is 0.125 e. The van der Waals surface area contributed by atoms with E-state index in [0.717, 1.165) is 12.4 Å². The topological polar surface area (TPSA) is 34.1 Å². The average Bonchev–Trinajstić information content (AvgIpc) is 2.19. The highest BCUT2D eigenvalue weighted by Crippen LogP contribution is 1.98. The Morgan fingerprint density at radius 3 is 3.00 bits per heavy atom. The fourth-order valence-electron chi connectivity index (χ4n) is 0.875. The zero-order chi connectivity index (χ0) is 9.36. The molecule has 72 valence electrons. The molecule has 3 nitrogen and oxygen atoms in total. The van der Waals surface area contributed by atoms with Gasteiger partial charge in [0.05, 0.1) is 13.2 Å². The van der Waals surface area contributed by atoms with Crippen molar-refractivity contribution in [3.05, 3.63) is 24.4 Å². The summed E-state index contributed by atoms with van der Waals surface area (Å²) >= 11 is 5.44. The molecule has 0 spiro atoms. The number of pyridine rings is 1. The number of hydrogen-bond donors (Lipinski definition) is 1. The van der Waals surface area contributed by atoms with Gasteiger partial charge in [-0.1, -0.05) is 6.07 Å². The maximum Gasteiger partial charge on any atom is 0.125 e. The van der Waals surface area contributed by atoms with Gasteiger partial charge in [0.2, 0.25) is 0 Å². The maximum atomic E-state index is 5.44. The number of halogens is 1. The first-order valence-corrected chi connectivity index (χ1v) is 4.75. The quantitative estimate of drug-likeness (QED) is 0.561.